The van der Waals surface area contributed by atoms with Crippen LogP contribution in [0.1, 0.15) is 18.1 Å². The van der Waals surface area contributed by atoms with E-state index in [1.54, 1.807) is 19.1 Å². The second-order valence-corrected chi connectivity index (χ2v) is 6.22. The molecule has 0 saturated carbocycles. The van der Waals surface area contributed by atoms with Gasteiger partial charge < -0.3 is 20.7 Å². The van der Waals surface area contributed by atoms with Crippen molar-refractivity contribution in [3.8, 4) is 0 Å². The first kappa shape index (κ1) is 21.9. The number of amides is 3. The number of carbonyl (C=O) groups is 3. The average Bonchev–Trinajstić information content (AvgIpc) is 2.72. The molecule has 29 heavy (non-hydrogen) atoms. The summed E-state index contributed by atoms with van der Waals surface area (Å²) in [4.78, 5) is 36.1. The van der Waals surface area contributed by atoms with Gasteiger partial charge >= 0.3 is 12.0 Å². The van der Waals surface area contributed by atoms with Gasteiger partial charge in [-0.3, -0.25) is 4.79 Å². The lowest BCUT2D eigenvalue weighted by molar-refractivity contribution is -0.147. The van der Waals surface area contributed by atoms with Crippen molar-refractivity contribution in [2.45, 2.75) is 25.9 Å². The molecular formula is C21H24FN3O4. The normalized spacial score (nSPS) is 11.2. The highest BCUT2D eigenvalue weighted by Crippen LogP contribution is 2.05. The van der Waals surface area contributed by atoms with Crippen LogP contribution in [-0.2, 0) is 27.3 Å². The highest BCUT2D eigenvalue weighted by Gasteiger charge is 2.22. The van der Waals surface area contributed by atoms with Crippen molar-refractivity contribution < 1.29 is 23.5 Å². The fourth-order valence-electron chi connectivity index (χ4n) is 2.54. The summed E-state index contributed by atoms with van der Waals surface area (Å²) in [5.74, 6) is -1.41. The molecule has 0 aromatic heterocycles. The molecule has 2 aromatic rings. The largest absolute Gasteiger partial charge is 0.464 e. The van der Waals surface area contributed by atoms with E-state index in [-0.39, 0.29) is 31.9 Å². The van der Waals surface area contributed by atoms with Crippen molar-refractivity contribution in [3.05, 3.63) is 71.5 Å². The van der Waals surface area contributed by atoms with Crippen LogP contribution in [0.5, 0.6) is 0 Å². The van der Waals surface area contributed by atoms with Crippen LogP contribution < -0.4 is 16.0 Å². The number of ether oxygens (including phenoxy) is 1. The van der Waals surface area contributed by atoms with Gasteiger partial charge in [-0.1, -0.05) is 42.5 Å². The van der Waals surface area contributed by atoms with Gasteiger partial charge in [0, 0.05) is 13.0 Å². The Balaban J connectivity index is 1.81. The molecule has 0 bridgehead atoms. The Morgan fingerprint density at radius 1 is 0.966 bits per heavy atom. The van der Waals surface area contributed by atoms with Gasteiger partial charge in [0.25, 0.3) is 0 Å². The molecule has 154 valence electrons. The number of benzene rings is 2. The van der Waals surface area contributed by atoms with E-state index < -0.39 is 23.9 Å². The summed E-state index contributed by atoms with van der Waals surface area (Å²) in [5.41, 5.74) is 1.59. The van der Waals surface area contributed by atoms with Gasteiger partial charge in [-0.15, -0.1) is 0 Å². The van der Waals surface area contributed by atoms with Crippen molar-refractivity contribution in [2.75, 3.05) is 13.2 Å². The van der Waals surface area contributed by atoms with Crippen LogP contribution in [0.4, 0.5) is 9.18 Å². The minimum absolute atomic E-state index is 0.188. The third-order valence-electron chi connectivity index (χ3n) is 3.96. The van der Waals surface area contributed by atoms with Gasteiger partial charge in [-0.2, -0.15) is 0 Å². The van der Waals surface area contributed by atoms with Gasteiger partial charge in [0.1, 0.15) is 11.9 Å². The topological polar surface area (TPSA) is 96.5 Å². The van der Waals surface area contributed by atoms with Gasteiger partial charge in [-0.25, -0.2) is 14.0 Å². The number of rotatable bonds is 9. The monoisotopic (exact) mass is 401 g/mol. The molecule has 0 aliphatic heterocycles. The fraction of sp³-hybridized carbons (Fsp3) is 0.286. The summed E-state index contributed by atoms with van der Waals surface area (Å²) in [7, 11) is 0. The molecule has 0 spiro atoms. The molecule has 7 nitrogen and oxygen atoms in total. The standard InChI is InChI=1S/C21H24FN3O4/c1-2-29-20(27)18(12-15-6-4-3-5-7-15)25-19(26)14-24-21(28)23-13-16-8-10-17(22)11-9-16/h3-11,18H,2,12-14H2,1H3,(H,25,26)(H2,23,24,28)/t18-/m1/s1. The SMILES string of the molecule is CCOC(=O)[C@@H](Cc1ccccc1)NC(=O)CNC(=O)NCc1ccc(F)cc1. The molecule has 1 atom stereocenters. The van der Waals surface area contributed by atoms with Crippen LogP contribution in [0, 0.1) is 5.82 Å². The Labute approximate surface area is 168 Å². The van der Waals surface area contributed by atoms with Crippen LogP contribution in [0.3, 0.4) is 0 Å². The second kappa shape index (κ2) is 11.4. The second-order valence-electron chi connectivity index (χ2n) is 6.22. The lowest BCUT2D eigenvalue weighted by Gasteiger charge is -2.17. The van der Waals surface area contributed by atoms with Crippen LogP contribution in [-0.4, -0.2) is 37.1 Å². The first-order chi connectivity index (χ1) is 14.0. The van der Waals surface area contributed by atoms with E-state index in [0.29, 0.717) is 0 Å². The predicted molar refractivity (Wildman–Crippen MR) is 105 cm³/mol. The van der Waals surface area contributed by atoms with Gasteiger partial charge in [-0.05, 0) is 30.2 Å². The van der Waals surface area contributed by atoms with E-state index in [1.807, 2.05) is 30.3 Å². The number of hydrogen-bond acceptors (Lipinski definition) is 4. The molecule has 0 fully saturated rings. The molecule has 0 saturated heterocycles. The van der Waals surface area contributed by atoms with E-state index in [0.717, 1.165) is 11.1 Å². The third-order valence-corrected chi connectivity index (χ3v) is 3.96. The number of hydrogen-bond donors (Lipinski definition) is 3. The zero-order valence-electron chi connectivity index (χ0n) is 16.1. The lowest BCUT2D eigenvalue weighted by Crippen LogP contribution is -2.48. The summed E-state index contributed by atoms with van der Waals surface area (Å²) in [5, 5.41) is 7.57. The van der Waals surface area contributed by atoms with E-state index in [9.17, 15) is 18.8 Å². The summed E-state index contributed by atoms with van der Waals surface area (Å²) in [6.07, 6.45) is 0.280. The van der Waals surface area contributed by atoms with Crippen molar-refractivity contribution in [2.24, 2.45) is 0 Å². The maximum Gasteiger partial charge on any atom is 0.328 e. The Morgan fingerprint density at radius 3 is 2.31 bits per heavy atom. The van der Waals surface area contributed by atoms with Gasteiger partial charge in [0.05, 0.1) is 13.2 Å². The molecule has 2 aromatic carbocycles. The van der Waals surface area contributed by atoms with Crippen molar-refractivity contribution in [1.29, 1.82) is 0 Å². The molecule has 0 aliphatic carbocycles. The summed E-state index contributed by atoms with van der Waals surface area (Å²) in [6.45, 7) is 1.77. The molecule has 3 amide bonds. The Bertz CT molecular complexity index is 812. The Kier molecular flexibility index (Phi) is 8.62. The third kappa shape index (κ3) is 8.00. The zero-order valence-corrected chi connectivity index (χ0v) is 16.1. The van der Waals surface area contributed by atoms with Crippen LogP contribution in [0.15, 0.2) is 54.6 Å². The molecule has 0 unspecified atom stereocenters. The summed E-state index contributed by atoms with van der Waals surface area (Å²) < 4.78 is 17.9. The van der Waals surface area contributed by atoms with Crippen LogP contribution in [0.25, 0.3) is 0 Å². The number of halogens is 1. The van der Waals surface area contributed by atoms with Crippen LogP contribution in [0.2, 0.25) is 0 Å². The zero-order chi connectivity index (χ0) is 21.1. The lowest BCUT2D eigenvalue weighted by atomic mass is 10.1. The highest BCUT2D eigenvalue weighted by molar-refractivity contribution is 5.88. The molecule has 0 radical (unpaired) electrons. The van der Waals surface area contributed by atoms with Gasteiger partial charge in [0.2, 0.25) is 5.91 Å². The van der Waals surface area contributed by atoms with Crippen LogP contribution >= 0.6 is 0 Å². The van der Waals surface area contributed by atoms with Gasteiger partial charge in [0.15, 0.2) is 0 Å². The molecule has 2 rings (SSSR count). The highest BCUT2D eigenvalue weighted by atomic mass is 19.1. The smallest absolute Gasteiger partial charge is 0.328 e. The average molecular weight is 401 g/mol. The molecule has 0 aliphatic rings. The number of esters is 1. The number of urea groups is 1. The number of nitrogens with one attached hydrogen (secondary N) is 3. The maximum atomic E-state index is 12.9. The van der Waals surface area contributed by atoms with E-state index >= 15 is 0 Å². The van der Waals surface area contributed by atoms with E-state index in [1.165, 1.54) is 12.1 Å². The first-order valence-corrected chi connectivity index (χ1v) is 9.24. The first-order valence-electron chi connectivity index (χ1n) is 9.24. The van der Waals surface area contributed by atoms with Crippen molar-refractivity contribution in [3.63, 3.8) is 0 Å². The summed E-state index contributed by atoms with van der Waals surface area (Å²) in [6, 6.07) is 13.5. The number of carbonyl (C=O) groups excluding carboxylic acids is 3. The molecule has 0 heterocycles. The quantitative estimate of drug-likeness (QED) is 0.560. The van der Waals surface area contributed by atoms with E-state index in [2.05, 4.69) is 16.0 Å². The maximum absolute atomic E-state index is 12.9. The van der Waals surface area contributed by atoms with Crippen molar-refractivity contribution in [1.82, 2.24) is 16.0 Å². The molecule has 8 heteroatoms. The molecular weight excluding hydrogens is 377 g/mol. The minimum Gasteiger partial charge on any atom is -0.464 e. The van der Waals surface area contributed by atoms with E-state index in [4.69, 9.17) is 4.74 Å². The summed E-state index contributed by atoms with van der Waals surface area (Å²) >= 11 is 0. The minimum atomic E-state index is -0.853. The molecule has 3 N–H and O–H groups in total. The Hall–Kier alpha value is -3.42. The predicted octanol–water partition coefficient (Wildman–Crippen LogP) is 1.92. The van der Waals surface area contributed by atoms with Crippen molar-refractivity contribution >= 4 is 17.9 Å². The Morgan fingerprint density at radius 2 is 1.66 bits per heavy atom. The fourth-order valence-corrected chi connectivity index (χ4v) is 2.54.